The van der Waals surface area contributed by atoms with Gasteiger partial charge in [-0.05, 0) is 26.3 Å². The highest BCUT2D eigenvalue weighted by atomic mass is 16.6. The molecule has 86 valence electrons. The molecule has 0 spiro atoms. The van der Waals surface area contributed by atoms with Crippen LogP contribution in [0, 0.1) is 0 Å². The molecule has 7 heteroatoms. The number of esters is 1. The molecule has 0 aromatic heterocycles. The average molecular weight is 215 g/mol. The van der Waals surface area contributed by atoms with E-state index in [1.807, 2.05) is 0 Å². The number of nitrogens with two attached hydrogens (primary N) is 2. The first-order chi connectivity index (χ1) is 6.81. The van der Waals surface area contributed by atoms with E-state index in [1.54, 1.807) is 20.8 Å². The summed E-state index contributed by atoms with van der Waals surface area (Å²) in [7, 11) is 0. The molecule has 0 aliphatic rings. The van der Waals surface area contributed by atoms with Crippen LogP contribution < -0.4 is 11.5 Å². The van der Waals surface area contributed by atoms with Crippen LogP contribution in [0.4, 0.5) is 0 Å². The predicted molar refractivity (Wildman–Crippen MR) is 55.8 cm³/mol. The molecule has 7 nitrogen and oxygen atoms in total. The van der Waals surface area contributed by atoms with Gasteiger partial charge in [0, 0.05) is 11.5 Å². The van der Waals surface area contributed by atoms with Gasteiger partial charge in [0.25, 0.3) is 0 Å². The van der Waals surface area contributed by atoms with Crippen molar-refractivity contribution < 1.29 is 9.53 Å². The second-order valence-corrected chi connectivity index (χ2v) is 4.07. The van der Waals surface area contributed by atoms with Crippen molar-refractivity contribution in [1.29, 1.82) is 0 Å². The van der Waals surface area contributed by atoms with E-state index in [0.29, 0.717) is 0 Å². The number of hydrogen-bond acceptors (Lipinski definition) is 5. The van der Waals surface area contributed by atoms with Gasteiger partial charge >= 0.3 is 5.97 Å². The average Bonchev–Trinajstić information content (AvgIpc) is 2.10. The summed E-state index contributed by atoms with van der Waals surface area (Å²) in [6.07, 6.45) is 0. The number of carbonyl (C=O) groups excluding carboxylic acids is 1. The summed E-state index contributed by atoms with van der Waals surface area (Å²) in [6.45, 7) is 5.18. The minimum Gasteiger partial charge on any atom is -0.459 e. The minimum absolute atomic E-state index is 0.00443. The van der Waals surface area contributed by atoms with Gasteiger partial charge in [0.2, 0.25) is 0 Å². The van der Waals surface area contributed by atoms with Crippen molar-refractivity contribution in [2.45, 2.75) is 38.5 Å². The molecule has 0 heterocycles. The Balaban J connectivity index is 4.48. The van der Waals surface area contributed by atoms with Gasteiger partial charge < -0.3 is 16.2 Å². The molecular formula is C8H17N5O2. The fraction of sp³-hybridized carbons (Fsp3) is 0.875. The van der Waals surface area contributed by atoms with E-state index in [-0.39, 0.29) is 6.54 Å². The summed E-state index contributed by atoms with van der Waals surface area (Å²) >= 11 is 0. The van der Waals surface area contributed by atoms with Crippen LogP contribution in [0.15, 0.2) is 5.11 Å². The number of hydrogen-bond donors (Lipinski definition) is 2. The fourth-order valence-corrected chi connectivity index (χ4v) is 0.859. The topological polar surface area (TPSA) is 127 Å². The van der Waals surface area contributed by atoms with Crippen LogP contribution >= 0.6 is 0 Å². The molecule has 0 bridgehead atoms. The molecular weight excluding hydrogens is 198 g/mol. The number of rotatable bonds is 4. The van der Waals surface area contributed by atoms with E-state index in [2.05, 4.69) is 10.0 Å². The number of ether oxygens (including phenoxy) is 1. The first-order valence-corrected chi connectivity index (χ1v) is 4.54. The molecule has 4 N–H and O–H groups in total. The van der Waals surface area contributed by atoms with Crippen LogP contribution in [0.3, 0.4) is 0 Å². The summed E-state index contributed by atoms with van der Waals surface area (Å²) in [4.78, 5) is 14.0. The smallest absolute Gasteiger partial charge is 0.323 e. The Morgan fingerprint density at radius 3 is 2.47 bits per heavy atom. The lowest BCUT2D eigenvalue weighted by molar-refractivity contribution is -0.156. The number of nitrogens with zero attached hydrogens (tertiary/aromatic N) is 3. The summed E-state index contributed by atoms with van der Waals surface area (Å²) in [5, 5.41) is 3.32. The van der Waals surface area contributed by atoms with E-state index in [0.717, 1.165) is 0 Å². The van der Waals surface area contributed by atoms with Crippen molar-refractivity contribution in [2.24, 2.45) is 16.6 Å². The Bertz CT molecular complexity index is 267. The van der Waals surface area contributed by atoms with Crippen molar-refractivity contribution in [3.05, 3.63) is 10.4 Å². The maximum absolute atomic E-state index is 11.4. The third-order valence-corrected chi connectivity index (χ3v) is 1.53. The van der Waals surface area contributed by atoms with Crippen molar-refractivity contribution in [3.8, 4) is 0 Å². The Kier molecular flexibility index (Phi) is 5.07. The van der Waals surface area contributed by atoms with Gasteiger partial charge in [-0.15, -0.1) is 0 Å². The van der Waals surface area contributed by atoms with Crippen LogP contribution in [-0.4, -0.2) is 30.2 Å². The maximum atomic E-state index is 11.4. The van der Waals surface area contributed by atoms with E-state index in [1.165, 1.54) is 0 Å². The second kappa shape index (κ2) is 5.55. The van der Waals surface area contributed by atoms with Gasteiger partial charge in [-0.3, -0.25) is 4.79 Å². The van der Waals surface area contributed by atoms with E-state index >= 15 is 0 Å². The summed E-state index contributed by atoms with van der Waals surface area (Å²) in [5.74, 6) is -0.620. The Labute approximate surface area is 88.4 Å². The SMILES string of the molecule is CC(C)(C)OC(=O)C(N)C(CN)N=[N+]=[N-]. The third kappa shape index (κ3) is 5.21. The Morgan fingerprint density at radius 2 is 2.13 bits per heavy atom. The monoisotopic (exact) mass is 215 g/mol. The van der Waals surface area contributed by atoms with Gasteiger partial charge in [-0.25, -0.2) is 0 Å². The summed E-state index contributed by atoms with van der Waals surface area (Å²) in [6, 6.07) is -1.80. The van der Waals surface area contributed by atoms with Crippen LogP contribution in [0.1, 0.15) is 20.8 Å². The summed E-state index contributed by atoms with van der Waals surface area (Å²) in [5.41, 5.74) is 18.5. The zero-order valence-electron chi connectivity index (χ0n) is 9.17. The van der Waals surface area contributed by atoms with Crippen molar-refractivity contribution in [3.63, 3.8) is 0 Å². The van der Waals surface area contributed by atoms with Crippen molar-refractivity contribution in [2.75, 3.05) is 6.54 Å². The Hall–Kier alpha value is -1.30. The number of carbonyl (C=O) groups is 1. The Morgan fingerprint density at radius 1 is 1.60 bits per heavy atom. The van der Waals surface area contributed by atoms with Gasteiger partial charge in [-0.1, -0.05) is 5.11 Å². The molecule has 15 heavy (non-hydrogen) atoms. The molecule has 0 aliphatic carbocycles. The highest BCUT2D eigenvalue weighted by molar-refractivity contribution is 5.76. The third-order valence-electron chi connectivity index (χ3n) is 1.53. The molecule has 0 saturated heterocycles. The largest absolute Gasteiger partial charge is 0.459 e. The number of azide groups is 1. The van der Waals surface area contributed by atoms with Crippen molar-refractivity contribution >= 4 is 5.97 Å². The van der Waals surface area contributed by atoms with Crippen LogP contribution in [0.25, 0.3) is 10.4 Å². The van der Waals surface area contributed by atoms with Gasteiger partial charge in [-0.2, -0.15) is 0 Å². The van der Waals surface area contributed by atoms with Crippen LogP contribution in [0.2, 0.25) is 0 Å². The normalized spacial score (nSPS) is 15.0. The zero-order chi connectivity index (χ0) is 12.1. The quantitative estimate of drug-likeness (QED) is 0.302. The lowest BCUT2D eigenvalue weighted by Crippen LogP contribution is -2.47. The van der Waals surface area contributed by atoms with Crippen molar-refractivity contribution in [1.82, 2.24) is 0 Å². The molecule has 0 aliphatic heterocycles. The van der Waals surface area contributed by atoms with Gasteiger partial charge in [0.05, 0.1) is 6.04 Å². The van der Waals surface area contributed by atoms with E-state index < -0.39 is 23.7 Å². The standard InChI is InChI=1S/C8H17N5O2/c1-8(2,3)15-7(14)6(10)5(4-9)12-13-11/h5-6H,4,9-10H2,1-3H3. The molecule has 2 unspecified atom stereocenters. The van der Waals surface area contributed by atoms with Crippen LogP contribution in [0.5, 0.6) is 0 Å². The summed E-state index contributed by atoms with van der Waals surface area (Å²) < 4.78 is 5.03. The fourth-order valence-electron chi connectivity index (χ4n) is 0.859. The molecule has 0 amide bonds. The first-order valence-electron chi connectivity index (χ1n) is 4.54. The molecule has 2 atom stereocenters. The van der Waals surface area contributed by atoms with E-state index in [4.69, 9.17) is 21.7 Å². The maximum Gasteiger partial charge on any atom is 0.323 e. The molecule has 0 aromatic rings. The molecule has 0 rings (SSSR count). The minimum atomic E-state index is -1.02. The lowest BCUT2D eigenvalue weighted by atomic mass is 10.1. The van der Waals surface area contributed by atoms with E-state index in [9.17, 15) is 4.79 Å². The first kappa shape index (κ1) is 13.7. The highest BCUT2D eigenvalue weighted by Crippen LogP contribution is 2.09. The van der Waals surface area contributed by atoms with Gasteiger partial charge in [0.1, 0.15) is 11.6 Å². The second-order valence-electron chi connectivity index (χ2n) is 4.07. The zero-order valence-corrected chi connectivity index (χ0v) is 9.17. The predicted octanol–water partition coefficient (Wildman–Crippen LogP) is 0.293. The highest BCUT2D eigenvalue weighted by Gasteiger charge is 2.27. The van der Waals surface area contributed by atoms with Gasteiger partial charge in [0.15, 0.2) is 0 Å². The van der Waals surface area contributed by atoms with Crippen LogP contribution in [-0.2, 0) is 9.53 Å². The molecule has 0 aromatic carbocycles. The lowest BCUT2D eigenvalue weighted by Gasteiger charge is -2.24. The molecule has 0 saturated carbocycles. The molecule has 0 radical (unpaired) electrons. The molecule has 0 fully saturated rings.